The summed E-state index contributed by atoms with van der Waals surface area (Å²) >= 11 is 4.98. The fourth-order valence-electron chi connectivity index (χ4n) is 2.12. The Kier molecular flexibility index (Phi) is 7.70. The highest BCUT2D eigenvalue weighted by Crippen LogP contribution is 2.54. The Labute approximate surface area is 146 Å². The number of aliphatic carboxylic acids is 1. The molecule has 0 saturated heterocycles. The first kappa shape index (κ1) is 19.6. The van der Waals surface area contributed by atoms with Gasteiger partial charge in [0.2, 0.25) is 0 Å². The Morgan fingerprint density at radius 1 is 1.57 bits per heavy atom. The average molecular weight is 407 g/mol. The molecule has 4 nitrogen and oxygen atoms in total. The number of thioether (sulfide) groups is 1. The van der Waals surface area contributed by atoms with Crippen LogP contribution in [0.4, 0.5) is 8.78 Å². The number of halogens is 3. The summed E-state index contributed by atoms with van der Waals surface area (Å²) in [5.74, 6) is -0.714. The van der Waals surface area contributed by atoms with Crippen LogP contribution in [0.15, 0.2) is 40.3 Å². The highest BCUT2D eigenvalue weighted by atomic mass is 79.9. The summed E-state index contributed by atoms with van der Waals surface area (Å²) in [4.78, 5) is 13.6. The van der Waals surface area contributed by atoms with Gasteiger partial charge in [-0.1, -0.05) is 34.3 Å². The highest BCUT2D eigenvalue weighted by Gasteiger charge is 2.48. The molecule has 23 heavy (non-hydrogen) atoms. The molecule has 1 aliphatic carbocycles. The first-order valence-electron chi connectivity index (χ1n) is 6.60. The van der Waals surface area contributed by atoms with Gasteiger partial charge >= 0.3 is 5.97 Å². The molecule has 1 heterocycles. The van der Waals surface area contributed by atoms with Crippen LogP contribution < -0.4 is 5.73 Å². The third kappa shape index (κ3) is 5.62. The third-order valence-corrected chi connectivity index (χ3v) is 4.86. The number of rotatable bonds is 2. The molecule has 0 radical (unpaired) electrons. The summed E-state index contributed by atoms with van der Waals surface area (Å²) in [6, 6.07) is 4.89. The quantitative estimate of drug-likeness (QED) is 0.729. The van der Waals surface area contributed by atoms with Crippen molar-refractivity contribution < 1.29 is 18.7 Å². The van der Waals surface area contributed by atoms with Crippen LogP contribution in [0.5, 0.6) is 0 Å². The third-order valence-electron chi connectivity index (χ3n) is 3.17. The molecule has 0 aromatic heterocycles. The molecule has 3 N–H and O–H groups in total. The van der Waals surface area contributed by atoms with Crippen molar-refractivity contribution in [3.63, 3.8) is 0 Å². The summed E-state index contributed by atoms with van der Waals surface area (Å²) in [6.45, 7) is 2.96. The van der Waals surface area contributed by atoms with Crippen molar-refractivity contribution in [2.45, 2.75) is 17.7 Å². The lowest BCUT2D eigenvalue weighted by atomic mass is 10.0. The van der Waals surface area contributed by atoms with Crippen molar-refractivity contribution in [2.24, 2.45) is 16.6 Å². The second-order valence-corrected chi connectivity index (χ2v) is 6.85. The Bertz CT molecular complexity index is 613. The van der Waals surface area contributed by atoms with E-state index < -0.39 is 5.97 Å². The van der Waals surface area contributed by atoms with Gasteiger partial charge < -0.3 is 10.8 Å². The summed E-state index contributed by atoms with van der Waals surface area (Å²) in [6.07, 6.45) is 1.92. The first-order chi connectivity index (χ1) is 10.9. The Morgan fingerprint density at radius 2 is 2.17 bits per heavy atom. The number of carboxylic acids is 1. The normalized spacial score (nSPS) is 23.8. The van der Waals surface area contributed by atoms with Gasteiger partial charge in [0.15, 0.2) is 5.17 Å². The smallest absolute Gasteiger partial charge is 0.327 e. The lowest BCUT2D eigenvalue weighted by Crippen LogP contribution is -2.17. The summed E-state index contributed by atoms with van der Waals surface area (Å²) in [7, 11) is 0.500. The zero-order chi connectivity index (χ0) is 17.6. The van der Waals surface area contributed by atoms with Gasteiger partial charge in [0.05, 0.1) is 13.2 Å². The number of carboxylic acid groups (broad SMARTS) is 1. The van der Waals surface area contributed by atoms with E-state index in [1.165, 1.54) is 6.07 Å². The number of amidine groups is 1. The second-order valence-electron chi connectivity index (χ2n) is 4.68. The van der Waals surface area contributed by atoms with Crippen LogP contribution in [0.1, 0.15) is 18.0 Å². The number of aliphatic imine (C=N–C) groups is 1. The van der Waals surface area contributed by atoms with Crippen LogP contribution >= 0.6 is 27.7 Å². The van der Waals surface area contributed by atoms with E-state index in [4.69, 9.17) is 10.8 Å². The summed E-state index contributed by atoms with van der Waals surface area (Å²) in [5, 5.41) is 8.73. The maximum Gasteiger partial charge on any atom is 0.327 e. The molecule has 8 heteroatoms. The number of carbonyl (C=O) groups is 1. The van der Waals surface area contributed by atoms with Crippen molar-refractivity contribution in [3.05, 3.63) is 46.7 Å². The van der Waals surface area contributed by atoms with E-state index in [0.717, 1.165) is 17.0 Å². The van der Waals surface area contributed by atoms with Crippen LogP contribution in [-0.2, 0) is 4.79 Å². The van der Waals surface area contributed by atoms with E-state index in [-0.39, 0.29) is 11.9 Å². The predicted octanol–water partition coefficient (Wildman–Crippen LogP) is 3.92. The number of benzene rings is 1. The van der Waals surface area contributed by atoms with Crippen LogP contribution in [-0.4, -0.2) is 28.7 Å². The lowest BCUT2D eigenvalue weighted by molar-refractivity contribution is -0.131. The van der Waals surface area contributed by atoms with Crippen molar-refractivity contribution in [1.82, 2.24) is 0 Å². The first-order valence-corrected chi connectivity index (χ1v) is 8.27. The van der Waals surface area contributed by atoms with Gasteiger partial charge in [0, 0.05) is 21.4 Å². The zero-order valence-corrected chi connectivity index (χ0v) is 14.8. The fourth-order valence-corrected chi connectivity index (χ4v) is 3.62. The van der Waals surface area contributed by atoms with Crippen molar-refractivity contribution in [3.8, 4) is 0 Å². The maximum absolute atomic E-state index is 13.7. The summed E-state index contributed by atoms with van der Waals surface area (Å²) in [5.41, 5.74) is 6.40. The Morgan fingerprint density at radius 3 is 2.74 bits per heavy atom. The molecule has 3 atom stereocenters. The number of alkyl halides is 1. The number of hydrogen-bond acceptors (Lipinski definition) is 4. The van der Waals surface area contributed by atoms with Gasteiger partial charge in [0.25, 0.3) is 0 Å². The maximum atomic E-state index is 13.7. The van der Waals surface area contributed by atoms with Crippen molar-refractivity contribution in [1.29, 1.82) is 0 Å². The number of nitrogens with two attached hydrogens (primary N) is 1. The molecule has 1 aromatic rings. The van der Waals surface area contributed by atoms with Gasteiger partial charge in [0.1, 0.15) is 5.82 Å². The highest BCUT2D eigenvalue weighted by molar-refractivity contribution is 9.10. The molecular formula is C15H17BrF2N2O2S. The zero-order valence-electron chi connectivity index (χ0n) is 12.4. The van der Waals surface area contributed by atoms with Crippen LogP contribution in [0.25, 0.3) is 0 Å². The Balaban J connectivity index is 0.000000327. The van der Waals surface area contributed by atoms with E-state index in [2.05, 4.69) is 27.5 Å². The van der Waals surface area contributed by atoms with E-state index in [0.29, 0.717) is 29.1 Å². The number of hydrogen-bond donors (Lipinski definition) is 2. The monoisotopic (exact) mass is 406 g/mol. The van der Waals surface area contributed by atoms with Gasteiger partial charge in [-0.15, -0.1) is 0 Å². The molecule has 0 spiro atoms. The molecule has 3 unspecified atom stereocenters. The molecular weight excluding hydrogens is 390 g/mol. The molecule has 1 saturated carbocycles. The topological polar surface area (TPSA) is 75.7 Å². The van der Waals surface area contributed by atoms with Crippen LogP contribution in [0.3, 0.4) is 0 Å². The van der Waals surface area contributed by atoms with Crippen molar-refractivity contribution >= 4 is 38.8 Å². The van der Waals surface area contributed by atoms with Gasteiger partial charge in [-0.2, -0.15) is 0 Å². The largest absolute Gasteiger partial charge is 0.478 e. The van der Waals surface area contributed by atoms with Gasteiger partial charge in [-0.25, -0.2) is 9.18 Å². The Hall–Kier alpha value is -1.41. The van der Waals surface area contributed by atoms with E-state index in [1.54, 1.807) is 17.8 Å². The van der Waals surface area contributed by atoms with E-state index in [1.807, 2.05) is 6.07 Å². The van der Waals surface area contributed by atoms with Crippen molar-refractivity contribution in [2.75, 3.05) is 7.18 Å². The standard InChI is InChI=1S/C11H10BrFN2S.C3H4O2.CH3F/c12-5-1-2-8(13)6(3-5)10-7-4-9(7)16-11(14)15-10;1-2-3(4)5;1-2/h1-3,7,9-10H,4H2,(H2,14,15);2H,1H2,(H,4,5);1H3. The number of nitrogens with zero attached hydrogens (tertiary/aromatic N) is 1. The van der Waals surface area contributed by atoms with Gasteiger partial charge in [-0.05, 0) is 30.5 Å². The molecule has 126 valence electrons. The molecule has 2 aliphatic rings. The van der Waals surface area contributed by atoms with Crippen LogP contribution in [0, 0.1) is 11.7 Å². The second kappa shape index (κ2) is 9.02. The number of fused-ring (bicyclic) bond motifs is 1. The minimum Gasteiger partial charge on any atom is -0.478 e. The minimum absolute atomic E-state index is 0.0938. The summed E-state index contributed by atoms with van der Waals surface area (Å²) < 4.78 is 24.1. The fraction of sp³-hybridized carbons (Fsp3) is 0.333. The molecule has 3 rings (SSSR count). The lowest BCUT2D eigenvalue weighted by Gasteiger charge is -2.18. The average Bonchev–Trinajstić information content (AvgIpc) is 3.30. The molecule has 1 aliphatic heterocycles. The predicted molar refractivity (Wildman–Crippen MR) is 92.8 cm³/mol. The molecule has 0 amide bonds. The van der Waals surface area contributed by atoms with E-state index in [9.17, 15) is 13.6 Å². The minimum atomic E-state index is -0.981. The molecule has 0 bridgehead atoms. The molecule has 1 aromatic carbocycles. The van der Waals surface area contributed by atoms with E-state index >= 15 is 0 Å². The van der Waals surface area contributed by atoms with Gasteiger partial charge in [-0.3, -0.25) is 9.38 Å². The van der Waals surface area contributed by atoms with Crippen LogP contribution in [0.2, 0.25) is 0 Å². The molecule has 1 fully saturated rings. The SMILES string of the molecule is C=CC(=O)O.CF.NC1=NC(c2cc(Br)ccc2F)C2CC2S1.